The van der Waals surface area contributed by atoms with Crippen LogP contribution in [0.2, 0.25) is 5.02 Å². The smallest absolute Gasteiger partial charge is 0.154 e. The van der Waals surface area contributed by atoms with E-state index in [2.05, 4.69) is 10.4 Å². The van der Waals surface area contributed by atoms with E-state index in [0.717, 1.165) is 4.88 Å². The highest BCUT2D eigenvalue weighted by atomic mass is 35.5. The molecule has 1 aromatic rings. The van der Waals surface area contributed by atoms with Crippen molar-refractivity contribution in [3.8, 4) is 0 Å². The molecule has 78 valence electrons. The highest BCUT2D eigenvalue weighted by Gasteiger charge is 2.07. The van der Waals surface area contributed by atoms with E-state index in [-0.39, 0.29) is 0 Å². The fourth-order valence-corrected chi connectivity index (χ4v) is 2.01. The highest BCUT2D eigenvalue weighted by molar-refractivity contribution is 7.12. The summed E-state index contributed by atoms with van der Waals surface area (Å²) in [6, 6.07) is 1.81. The molecular formula is C8H12ClN3OS. The second-order valence-corrected chi connectivity index (χ2v) is 3.79. The summed E-state index contributed by atoms with van der Waals surface area (Å²) < 4.78 is 4.88. The van der Waals surface area contributed by atoms with Crippen LogP contribution in [0.5, 0.6) is 0 Å². The van der Waals surface area contributed by atoms with E-state index >= 15 is 0 Å². The average molecular weight is 234 g/mol. The van der Waals surface area contributed by atoms with Gasteiger partial charge in [-0.2, -0.15) is 0 Å². The van der Waals surface area contributed by atoms with Gasteiger partial charge in [0.15, 0.2) is 5.84 Å². The molecule has 0 aliphatic carbocycles. The van der Waals surface area contributed by atoms with Crippen LogP contribution in [-0.2, 0) is 4.74 Å². The zero-order valence-corrected chi connectivity index (χ0v) is 9.36. The van der Waals surface area contributed by atoms with E-state index < -0.39 is 0 Å². The number of nitrogens with zero attached hydrogens (tertiary/aromatic N) is 1. The lowest BCUT2D eigenvalue weighted by atomic mass is 10.4. The van der Waals surface area contributed by atoms with Crippen LogP contribution >= 0.6 is 22.9 Å². The number of methoxy groups -OCH3 is 1. The monoisotopic (exact) mass is 233 g/mol. The van der Waals surface area contributed by atoms with Gasteiger partial charge in [-0.25, -0.2) is 5.84 Å². The Labute approximate surface area is 91.7 Å². The SMILES string of the molecule is COCCN=C(NN)c1sccc1Cl. The molecule has 0 unspecified atom stereocenters. The van der Waals surface area contributed by atoms with Gasteiger partial charge in [-0.3, -0.25) is 4.99 Å². The molecule has 0 aliphatic rings. The van der Waals surface area contributed by atoms with Crippen molar-refractivity contribution >= 4 is 28.8 Å². The number of aliphatic imine (C=N–C) groups is 1. The summed E-state index contributed by atoms with van der Waals surface area (Å²) in [6.07, 6.45) is 0. The van der Waals surface area contributed by atoms with E-state index in [1.165, 1.54) is 11.3 Å². The topological polar surface area (TPSA) is 59.6 Å². The van der Waals surface area contributed by atoms with Gasteiger partial charge >= 0.3 is 0 Å². The van der Waals surface area contributed by atoms with E-state index in [1.807, 2.05) is 11.4 Å². The minimum Gasteiger partial charge on any atom is -0.383 e. The van der Waals surface area contributed by atoms with Gasteiger partial charge in [0.25, 0.3) is 0 Å². The fraction of sp³-hybridized carbons (Fsp3) is 0.375. The van der Waals surface area contributed by atoms with Gasteiger partial charge in [-0.05, 0) is 11.4 Å². The van der Waals surface area contributed by atoms with Crippen molar-refractivity contribution in [2.45, 2.75) is 0 Å². The summed E-state index contributed by atoms with van der Waals surface area (Å²) in [6.45, 7) is 1.12. The van der Waals surface area contributed by atoms with Gasteiger partial charge in [0, 0.05) is 7.11 Å². The predicted molar refractivity (Wildman–Crippen MR) is 59.9 cm³/mol. The number of thiophene rings is 1. The lowest BCUT2D eigenvalue weighted by molar-refractivity contribution is 0.208. The summed E-state index contributed by atoms with van der Waals surface area (Å²) in [7, 11) is 1.63. The van der Waals surface area contributed by atoms with Gasteiger partial charge in [0.1, 0.15) is 0 Å². The van der Waals surface area contributed by atoms with Gasteiger partial charge < -0.3 is 10.2 Å². The first kappa shape index (κ1) is 11.5. The number of rotatable bonds is 4. The molecule has 0 fully saturated rings. The largest absolute Gasteiger partial charge is 0.383 e. The average Bonchev–Trinajstić information content (AvgIpc) is 2.60. The molecule has 3 N–H and O–H groups in total. The van der Waals surface area contributed by atoms with E-state index in [1.54, 1.807) is 7.11 Å². The fourth-order valence-electron chi connectivity index (χ4n) is 0.894. The lowest BCUT2D eigenvalue weighted by Gasteiger charge is -2.03. The normalized spacial score (nSPS) is 11.8. The standard InChI is InChI=1S/C8H12ClN3OS/c1-13-4-3-11-8(12-10)7-6(9)2-5-14-7/h2,5H,3-4,10H2,1H3,(H,11,12). The molecule has 6 heteroatoms. The number of hydrogen-bond donors (Lipinski definition) is 2. The molecule has 1 heterocycles. The number of nitrogens with two attached hydrogens (primary N) is 1. The van der Waals surface area contributed by atoms with Crippen LogP contribution in [0.25, 0.3) is 0 Å². The minimum atomic E-state index is 0.560. The molecule has 0 amide bonds. The molecular weight excluding hydrogens is 222 g/mol. The van der Waals surface area contributed by atoms with Gasteiger partial charge in [0.2, 0.25) is 0 Å². The molecule has 1 aromatic heterocycles. The first-order valence-electron chi connectivity index (χ1n) is 4.03. The zero-order valence-electron chi connectivity index (χ0n) is 7.79. The third kappa shape index (κ3) is 2.95. The number of halogens is 1. The van der Waals surface area contributed by atoms with E-state index in [4.69, 9.17) is 22.2 Å². The molecule has 0 aliphatic heterocycles. The number of ether oxygens (including phenoxy) is 1. The molecule has 0 atom stereocenters. The van der Waals surface area contributed by atoms with Crippen LogP contribution in [0.1, 0.15) is 4.88 Å². The second kappa shape index (κ2) is 5.98. The first-order chi connectivity index (χ1) is 6.79. The minimum absolute atomic E-state index is 0.560. The van der Waals surface area contributed by atoms with Crippen LogP contribution in [0.4, 0.5) is 0 Å². The Morgan fingerprint density at radius 3 is 3.07 bits per heavy atom. The number of amidine groups is 1. The van der Waals surface area contributed by atoms with Crippen molar-refractivity contribution in [3.05, 3.63) is 21.3 Å². The molecule has 0 radical (unpaired) electrons. The Balaban J connectivity index is 2.71. The summed E-state index contributed by atoms with van der Waals surface area (Å²) in [5, 5.41) is 2.55. The summed E-state index contributed by atoms with van der Waals surface area (Å²) in [5.41, 5.74) is 2.52. The summed E-state index contributed by atoms with van der Waals surface area (Å²) in [5.74, 6) is 5.94. The lowest BCUT2D eigenvalue weighted by Crippen LogP contribution is -2.31. The Bertz CT molecular complexity index is 313. The molecule has 0 aromatic carbocycles. The van der Waals surface area contributed by atoms with E-state index in [0.29, 0.717) is 24.0 Å². The Kier molecular flexibility index (Phi) is 4.89. The van der Waals surface area contributed by atoms with Crippen molar-refractivity contribution in [2.75, 3.05) is 20.3 Å². The molecule has 0 spiro atoms. The van der Waals surface area contributed by atoms with Crippen molar-refractivity contribution in [1.29, 1.82) is 0 Å². The summed E-state index contributed by atoms with van der Waals surface area (Å²) >= 11 is 7.42. The number of hydrazine groups is 1. The molecule has 14 heavy (non-hydrogen) atoms. The number of hydrogen-bond acceptors (Lipinski definition) is 4. The third-order valence-corrected chi connectivity index (χ3v) is 2.88. The van der Waals surface area contributed by atoms with Crippen LogP contribution < -0.4 is 11.3 Å². The Morgan fingerprint density at radius 1 is 1.79 bits per heavy atom. The molecule has 0 saturated carbocycles. The first-order valence-corrected chi connectivity index (χ1v) is 5.28. The molecule has 4 nitrogen and oxygen atoms in total. The second-order valence-electron chi connectivity index (χ2n) is 2.47. The van der Waals surface area contributed by atoms with Crippen LogP contribution in [0, 0.1) is 0 Å². The maximum atomic E-state index is 5.93. The Hall–Kier alpha value is -0.620. The van der Waals surface area contributed by atoms with Gasteiger partial charge in [-0.1, -0.05) is 11.6 Å². The Morgan fingerprint density at radius 2 is 2.57 bits per heavy atom. The van der Waals surface area contributed by atoms with Crippen molar-refractivity contribution in [1.82, 2.24) is 5.43 Å². The van der Waals surface area contributed by atoms with Crippen molar-refractivity contribution in [3.63, 3.8) is 0 Å². The maximum Gasteiger partial charge on any atom is 0.154 e. The van der Waals surface area contributed by atoms with Crippen LogP contribution in [-0.4, -0.2) is 26.1 Å². The van der Waals surface area contributed by atoms with Crippen molar-refractivity contribution < 1.29 is 4.74 Å². The van der Waals surface area contributed by atoms with Gasteiger partial charge in [0.05, 0.1) is 23.1 Å². The van der Waals surface area contributed by atoms with Crippen molar-refractivity contribution in [2.24, 2.45) is 10.8 Å². The predicted octanol–water partition coefficient (Wildman–Crippen LogP) is 1.26. The quantitative estimate of drug-likeness (QED) is 0.271. The van der Waals surface area contributed by atoms with Crippen LogP contribution in [0.15, 0.2) is 16.4 Å². The zero-order chi connectivity index (χ0) is 10.4. The number of nitrogens with one attached hydrogen (secondary N) is 1. The summed E-state index contributed by atoms with van der Waals surface area (Å²) in [4.78, 5) is 5.07. The molecule has 0 saturated heterocycles. The van der Waals surface area contributed by atoms with Crippen LogP contribution in [0.3, 0.4) is 0 Å². The maximum absolute atomic E-state index is 5.93. The van der Waals surface area contributed by atoms with E-state index in [9.17, 15) is 0 Å². The molecule has 1 rings (SSSR count). The van der Waals surface area contributed by atoms with Gasteiger partial charge in [-0.15, -0.1) is 11.3 Å². The molecule has 0 bridgehead atoms. The third-order valence-electron chi connectivity index (χ3n) is 1.53. The highest BCUT2D eigenvalue weighted by Crippen LogP contribution is 2.21.